The first kappa shape index (κ1) is 16.0. The molecule has 0 N–H and O–H groups in total. The Bertz CT molecular complexity index is 598. The van der Waals surface area contributed by atoms with Crippen molar-refractivity contribution in [2.24, 2.45) is 0 Å². The minimum Gasteiger partial charge on any atom is -0.0826 e. The molecule has 2 aromatic carbocycles. The van der Waals surface area contributed by atoms with Crippen molar-refractivity contribution in [2.45, 2.75) is 55.3 Å². The largest absolute Gasteiger partial charge is 0.0826 e. The molecule has 0 aromatic heterocycles. The van der Waals surface area contributed by atoms with Crippen LogP contribution < -0.4 is 0 Å². The molecule has 0 bridgehead atoms. The monoisotopic (exact) mass is 404 g/mol. The van der Waals surface area contributed by atoms with Gasteiger partial charge in [0.05, 0.1) is 0 Å². The molecule has 116 valence electrons. The molecule has 0 heterocycles. The van der Waals surface area contributed by atoms with E-state index in [1.807, 2.05) is 0 Å². The summed E-state index contributed by atoms with van der Waals surface area (Å²) in [5.74, 6) is 0. The van der Waals surface area contributed by atoms with Gasteiger partial charge in [-0.25, -0.2) is 0 Å². The van der Waals surface area contributed by atoms with Crippen molar-refractivity contribution < 1.29 is 0 Å². The van der Waals surface area contributed by atoms with Crippen LogP contribution in [-0.2, 0) is 5.41 Å². The van der Waals surface area contributed by atoms with Crippen LogP contribution in [0.3, 0.4) is 0 Å². The summed E-state index contributed by atoms with van der Waals surface area (Å²) in [6.45, 7) is 4.62. The molecule has 1 atom stereocenters. The lowest BCUT2D eigenvalue weighted by Gasteiger charge is -2.34. The first-order valence-electron chi connectivity index (χ1n) is 8.56. The number of rotatable bonds is 6. The van der Waals surface area contributed by atoms with Crippen LogP contribution in [0, 0.1) is 0 Å². The molecule has 0 saturated heterocycles. The van der Waals surface area contributed by atoms with Gasteiger partial charge in [-0.3, -0.25) is 0 Å². The highest BCUT2D eigenvalue weighted by molar-refractivity contribution is 14.1. The van der Waals surface area contributed by atoms with Crippen LogP contribution in [0.4, 0.5) is 0 Å². The predicted octanol–water partition coefficient (Wildman–Crippen LogP) is 6.75. The highest BCUT2D eigenvalue weighted by Crippen LogP contribution is 2.54. The SMILES string of the molecule is CCCCC1(CC(I)CC)c2ccccc2-c2ccccc21. The number of hydrogen-bond donors (Lipinski definition) is 0. The number of benzene rings is 2. The fourth-order valence-electron chi connectivity index (χ4n) is 4.01. The number of fused-ring (bicyclic) bond motifs is 3. The molecule has 1 unspecified atom stereocenters. The third kappa shape index (κ3) is 2.62. The summed E-state index contributed by atoms with van der Waals surface area (Å²) in [6, 6.07) is 18.2. The Morgan fingerprint density at radius 2 is 1.45 bits per heavy atom. The molecule has 0 fully saturated rings. The summed E-state index contributed by atoms with van der Waals surface area (Å²) in [7, 11) is 0. The van der Waals surface area contributed by atoms with Gasteiger partial charge in [0.25, 0.3) is 0 Å². The Kier molecular flexibility index (Phi) is 4.91. The topological polar surface area (TPSA) is 0 Å². The predicted molar refractivity (Wildman–Crippen MR) is 105 cm³/mol. The molecule has 1 aliphatic carbocycles. The summed E-state index contributed by atoms with van der Waals surface area (Å²) in [4.78, 5) is 0. The third-order valence-corrected chi connectivity index (χ3v) is 6.47. The summed E-state index contributed by atoms with van der Waals surface area (Å²) in [6.07, 6.45) is 6.35. The lowest BCUT2D eigenvalue weighted by Crippen LogP contribution is -2.28. The van der Waals surface area contributed by atoms with Gasteiger partial charge in [-0.2, -0.15) is 0 Å². The van der Waals surface area contributed by atoms with Crippen LogP contribution in [0.2, 0.25) is 0 Å². The minimum absolute atomic E-state index is 0.227. The zero-order valence-electron chi connectivity index (χ0n) is 13.6. The van der Waals surface area contributed by atoms with Gasteiger partial charge in [-0.15, -0.1) is 0 Å². The summed E-state index contributed by atoms with van der Waals surface area (Å²) in [5.41, 5.74) is 6.30. The van der Waals surface area contributed by atoms with E-state index in [4.69, 9.17) is 0 Å². The Morgan fingerprint density at radius 3 is 1.95 bits per heavy atom. The maximum absolute atomic E-state index is 2.65. The van der Waals surface area contributed by atoms with Crippen molar-refractivity contribution >= 4 is 22.6 Å². The average molecular weight is 404 g/mol. The molecule has 0 amide bonds. The Labute approximate surface area is 148 Å². The van der Waals surface area contributed by atoms with E-state index in [1.165, 1.54) is 43.2 Å². The molecular weight excluding hydrogens is 379 g/mol. The average Bonchev–Trinajstić information content (AvgIpc) is 2.84. The number of halogens is 1. The zero-order chi connectivity index (χ0) is 15.6. The van der Waals surface area contributed by atoms with E-state index >= 15 is 0 Å². The molecule has 0 spiro atoms. The first-order chi connectivity index (χ1) is 10.7. The number of hydrogen-bond acceptors (Lipinski definition) is 0. The van der Waals surface area contributed by atoms with Gasteiger partial charge in [-0.05, 0) is 41.5 Å². The van der Waals surface area contributed by atoms with Crippen molar-refractivity contribution in [1.29, 1.82) is 0 Å². The lowest BCUT2D eigenvalue weighted by atomic mass is 9.71. The number of alkyl halides is 1. The normalized spacial score (nSPS) is 16.1. The van der Waals surface area contributed by atoms with Crippen LogP contribution in [-0.4, -0.2) is 3.92 Å². The number of unbranched alkanes of at least 4 members (excludes halogenated alkanes) is 1. The molecule has 0 saturated carbocycles. The summed E-state index contributed by atoms with van der Waals surface area (Å²) < 4.78 is 0.730. The molecule has 22 heavy (non-hydrogen) atoms. The van der Waals surface area contributed by atoms with E-state index in [0.717, 1.165) is 3.92 Å². The van der Waals surface area contributed by atoms with Gasteiger partial charge in [0.2, 0.25) is 0 Å². The molecular formula is C21H25I. The van der Waals surface area contributed by atoms with Crippen LogP contribution in [0.5, 0.6) is 0 Å². The molecule has 1 aliphatic rings. The van der Waals surface area contributed by atoms with Crippen LogP contribution in [0.1, 0.15) is 57.1 Å². The second-order valence-electron chi connectivity index (χ2n) is 6.49. The van der Waals surface area contributed by atoms with Crippen molar-refractivity contribution in [3.05, 3.63) is 59.7 Å². The maximum atomic E-state index is 2.65. The zero-order valence-corrected chi connectivity index (χ0v) is 15.8. The maximum Gasteiger partial charge on any atom is 0.0225 e. The van der Waals surface area contributed by atoms with Crippen molar-refractivity contribution in [3.63, 3.8) is 0 Å². The van der Waals surface area contributed by atoms with Gasteiger partial charge < -0.3 is 0 Å². The van der Waals surface area contributed by atoms with Crippen LogP contribution in [0.15, 0.2) is 48.5 Å². The minimum atomic E-state index is 0.227. The molecule has 0 nitrogen and oxygen atoms in total. The summed E-state index contributed by atoms with van der Waals surface area (Å²) in [5, 5.41) is 0. The van der Waals surface area contributed by atoms with Gasteiger partial charge in [0.15, 0.2) is 0 Å². The molecule has 3 rings (SSSR count). The van der Waals surface area contributed by atoms with E-state index in [9.17, 15) is 0 Å². The van der Waals surface area contributed by atoms with E-state index in [-0.39, 0.29) is 5.41 Å². The van der Waals surface area contributed by atoms with Crippen LogP contribution in [0.25, 0.3) is 11.1 Å². The Morgan fingerprint density at radius 1 is 0.909 bits per heavy atom. The molecule has 1 heteroatoms. The first-order valence-corrected chi connectivity index (χ1v) is 9.81. The van der Waals surface area contributed by atoms with Gasteiger partial charge >= 0.3 is 0 Å². The van der Waals surface area contributed by atoms with Crippen molar-refractivity contribution in [3.8, 4) is 11.1 Å². The van der Waals surface area contributed by atoms with Gasteiger partial charge in [-0.1, -0.05) is 97.8 Å². The second kappa shape index (κ2) is 6.74. The van der Waals surface area contributed by atoms with E-state index in [2.05, 4.69) is 85.0 Å². The van der Waals surface area contributed by atoms with E-state index < -0.39 is 0 Å². The molecule has 0 radical (unpaired) electrons. The van der Waals surface area contributed by atoms with Gasteiger partial charge in [0, 0.05) is 9.34 Å². The highest BCUT2D eigenvalue weighted by atomic mass is 127. The van der Waals surface area contributed by atoms with Gasteiger partial charge in [0.1, 0.15) is 0 Å². The molecule has 2 aromatic rings. The summed E-state index contributed by atoms with van der Waals surface area (Å²) >= 11 is 2.65. The third-order valence-electron chi connectivity index (χ3n) is 5.15. The smallest absolute Gasteiger partial charge is 0.0225 e. The second-order valence-corrected chi connectivity index (χ2v) is 8.25. The van der Waals surface area contributed by atoms with Crippen LogP contribution >= 0.6 is 22.6 Å². The van der Waals surface area contributed by atoms with E-state index in [0.29, 0.717) is 0 Å². The van der Waals surface area contributed by atoms with Crippen molar-refractivity contribution in [2.75, 3.05) is 0 Å². The standard InChI is InChI=1S/C21H25I/c1-3-5-14-21(15-16(22)4-2)19-12-8-6-10-17(19)18-11-7-9-13-20(18)21/h6-13,16H,3-5,14-15H2,1-2H3. The fourth-order valence-corrected chi connectivity index (χ4v) is 4.76. The quantitative estimate of drug-likeness (QED) is 0.369. The Balaban J connectivity index is 2.18. The fraction of sp³-hybridized carbons (Fsp3) is 0.429. The Hall–Kier alpha value is -0.830. The van der Waals surface area contributed by atoms with Crippen molar-refractivity contribution in [1.82, 2.24) is 0 Å². The highest BCUT2D eigenvalue weighted by Gasteiger charge is 2.42. The van der Waals surface area contributed by atoms with E-state index in [1.54, 1.807) is 11.1 Å². The molecule has 0 aliphatic heterocycles. The lowest BCUT2D eigenvalue weighted by molar-refractivity contribution is 0.425.